The number of carbonyl (C=O) groups is 2. The molecule has 0 bridgehead atoms. The Balaban J connectivity index is 2.51. The summed E-state index contributed by atoms with van der Waals surface area (Å²) < 4.78 is 0.134. The van der Waals surface area contributed by atoms with Crippen LogP contribution in [-0.4, -0.2) is 52.6 Å². The minimum absolute atomic E-state index is 0.134. The van der Waals surface area contributed by atoms with E-state index in [1.165, 1.54) is 24.2 Å². The van der Waals surface area contributed by atoms with Gasteiger partial charge in [-0.25, -0.2) is 4.79 Å². The van der Waals surface area contributed by atoms with Crippen molar-refractivity contribution in [2.24, 2.45) is 0 Å². The van der Waals surface area contributed by atoms with Gasteiger partial charge in [0.2, 0.25) is 0 Å². The van der Waals surface area contributed by atoms with Crippen LogP contribution in [-0.2, 0) is 4.79 Å². The molecule has 2 amide bonds. The van der Waals surface area contributed by atoms with E-state index in [9.17, 15) is 9.59 Å². The third-order valence-corrected chi connectivity index (χ3v) is 5.29. The number of hydrogen-bond donors (Lipinski definition) is 2. The van der Waals surface area contributed by atoms with Crippen LogP contribution in [0, 0.1) is 0 Å². The molecule has 116 valence electrons. The molecule has 0 aromatic carbocycles. The maximum atomic E-state index is 12.1. The Morgan fingerprint density at radius 1 is 1.30 bits per heavy atom. The fourth-order valence-corrected chi connectivity index (χ4v) is 3.60. The third-order valence-electron chi connectivity index (χ3n) is 3.87. The predicted octanol–water partition coefficient (Wildman–Crippen LogP) is 2.56. The highest BCUT2D eigenvalue weighted by molar-refractivity contribution is 8.00. The van der Waals surface area contributed by atoms with Crippen LogP contribution in [0.2, 0.25) is 0 Å². The first kappa shape index (κ1) is 17.1. The lowest BCUT2D eigenvalue weighted by atomic mass is 9.88. The topological polar surface area (TPSA) is 69.6 Å². The molecule has 0 unspecified atom stereocenters. The molecule has 1 aliphatic carbocycles. The average molecular weight is 302 g/mol. The fraction of sp³-hybridized carbons (Fsp3) is 0.857. The Bertz CT molecular complexity index is 330. The fourth-order valence-electron chi connectivity index (χ4n) is 2.68. The van der Waals surface area contributed by atoms with Gasteiger partial charge in [-0.1, -0.05) is 26.2 Å². The number of carboxylic acids is 1. The lowest BCUT2D eigenvalue weighted by Crippen LogP contribution is -2.48. The molecule has 0 heterocycles. The number of aliphatic carboxylic acids is 1. The van der Waals surface area contributed by atoms with Gasteiger partial charge in [-0.3, -0.25) is 4.79 Å². The van der Waals surface area contributed by atoms with Gasteiger partial charge in [0.1, 0.15) is 6.54 Å². The van der Waals surface area contributed by atoms with E-state index in [1.807, 2.05) is 18.7 Å². The number of nitrogens with one attached hydrogen (secondary N) is 1. The summed E-state index contributed by atoms with van der Waals surface area (Å²) in [6.07, 6.45) is 8.81. The molecule has 1 aliphatic rings. The van der Waals surface area contributed by atoms with Crippen molar-refractivity contribution >= 4 is 23.8 Å². The van der Waals surface area contributed by atoms with Gasteiger partial charge in [0.05, 0.1) is 0 Å². The maximum absolute atomic E-state index is 12.1. The number of thioether (sulfide) groups is 1. The Kier molecular flexibility index (Phi) is 7.19. The normalized spacial score (nSPS) is 17.5. The number of hydrogen-bond acceptors (Lipinski definition) is 3. The molecule has 0 aromatic rings. The third kappa shape index (κ3) is 5.23. The molecule has 0 spiro atoms. The lowest BCUT2D eigenvalue weighted by Gasteiger charge is -2.36. The standard InChI is InChI=1S/C14H26N2O3S/c1-3-9-16(10-12(17)18)13(19)15-11-14(20-2)7-5-4-6-8-14/h3-11H2,1-2H3,(H,15,19)(H,17,18). The Morgan fingerprint density at radius 3 is 2.45 bits per heavy atom. The summed E-state index contributed by atoms with van der Waals surface area (Å²) >= 11 is 1.82. The van der Waals surface area contributed by atoms with Gasteiger partial charge in [-0.2, -0.15) is 11.8 Å². The highest BCUT2D eigenvalue weighted by atomic mass is 32.2. The van der Waals surface area contributed by atoms with Crippen LogP contribution in [0.4, 0.5) is 4.79 Å². The summed E-state index contributed by atoms with van der Waals surface area (Å²) in [5.41, 5.74) is 0. The summed E-state index contributed by atoms with van der Waals surface area (Å²) in [5.74, 6) is -0.967. The number of amides is 2. The number of carbonyl (C=O) groups excluding carboxylic acids is 1. The number of nitrogens with zero attached hydrogens (tertiary/aromatic N) is 1. The molecule has 20 heavy (non-hydrogen) atoms. The zero-order chi connectivity index (χ0) is 15.0. The van der Waals surface area contributed by atoms with Crippen LogP contribution in [0.5, 0.6) is 0 Å². The Hall–Kier alpha value is -0.910. The van der Waals surface area contributed by atoms with Gasteiger partial charge in [0.25, 0.3) is 0 Å². The first-order chi connectivity index (χ1) is 9.53. The molecule has 0 atom stereocenters. The molecule has 0 aliphatic heterocycles. The SMILES string of the molecule is CCCN(CC(=O)O)C(=O)NCC1(SC)CCCCC1. The summed E-state index contributed by atoms with van der Waals surface area (Å²) in [4.78, 5) is 24.3. The van der Waals surface area contributed by atoms with Crippen LogP contribution in [0.25, 0.3) is 0 Å². The highest BCUT2D eigenvalue weighted by Gasteiger charge is 2.32. The Morgan fingerprint density at radius 2 is 1.95 bits per heavy atom. The summed E-state index contributed by atoms with van der Waals surface area (Å²) in [6, 6.07) is -0.256. The van der Waals surface area contributed by atoms with Crippen molar-refractivity contribution in [3.63, 3.8) is 0 Å². The molecule has 1 fully saturated rings. The highest BCUT2D eigenvalue weighted by Crippen LogP contribution is 2.37. The van der Waals surface area contributed by atoms with Crippen LogP contribution >= 0.6 is 11.8 Å². The zero-order valence-corrected chi connectivity index (χ0v) is 13.3. The van der Waals surface area contributed by atoms with Gasteiger partial charge < -0.3 is 15.3 Å². The van der Waals surface area contributed by atoms with Crippen molar-refractivity contribution in [2.75, 3.05) is 25.9 Å². The average Bonchev–Trinajstić information content (AvgIpc) is 2.45. The number of carboxylic acid groups (broad SMARTS) is 1. The summed E-state index contributed by atoms with van der Waals surface area (Å²) in [6.45, 7) is 2.82. The van der Waals surface area contributed by atoms with Crippen LogP contribution < -0.4 is 5.32 Å². The molecular weight excluding hydrogens is 276 g/mol. The second-order valence-electron chi connectivity index (χ2n) is 5.42. The van der Waals surface area contributed by atoms with Gasteiger partial charge >= 0.3 is 12.0 Å². The quantitative estimate of drug-likeness (QED) is 0.758. The number of urea groups is 1. The van der Waals surface area contributed by atoms with Crippen molar-refractivity contribution < 1.29 is 14.7 Å². The molecule has 1 saturated carbocycles. The Labute approximate surface area is 125 Å². The molecule has 2 N–H and O–H groups in total. The van der Waals surface area contributed by atoms with Gasteiger partial charge in [0.15, 0.2) is 0 Å². The van der Waals surface area contributed by atoms with Crippen LogP contribution in [0.15, 0.2) is 0 Å². The van der Waals surface area contributed by atoms with Crippen molar-refractivity contribution in [1.29, 1.82) is 0 Å². The van der Waals surface area contributed by atoms with Crippen LogP contribution in [0.1, 0.15) is 45.4 Å². The molecule has 6 heteroatoms. The van der Waals surface area contributed by atoms with Gasteiger partial charge in [-0.05, 0) is 25.5 Å². The first-order valence-electron chi connectivity index (χ1n) is 7.33. The largest absolute Gasteiger partial charge is 0.480 e. The van der Waals surface area contributed by atoms with E-state index in [2.05, 4.69) is 11.6 Å². The molecule has 1 rings (SSSR count). The van der Waals surface area contributed by atoms with E-state index in [0.717, 1.165) is 19.3 Å². The molecular formula is C14H26N2O3S. The van der Waals surface area contributed by atoms with E-state index in [-0.39, 0.29) is 17.3 Å². The molecule has 0 saturated heterocycles. The molecule has 0 radical (unpaired) electrons. The van der Waals surface area contributed by atoms with E-state index in [1.54, 1.807) is 0 Å². The molecule has 0 aromatic heterocycles. The van der Waals surface area contributed by atoms with E-state index >= 15 is 0 Å². The van der Waals surface area contributed by atoms with Crippen molar-refractivity contribution in [3.8, 4) is 0 Å². The van der Waals surface area contributed by atoms with Crippen LogP contribution in [0.3, 0.4) is 0 Å². The minimum Gasteiger partial charge on any atom is -0.480 e. The first-order valence-corrected chi connectivity index (χ1v) is 8.55. The second kappa shape index (κ2) is 8.39. The van der Waals surface area contributed by atoms with Gasteiger partial charge in [0, 0.05) is 17.8 Å². The van der Waals surface area contributed by atoms with E-state index < -0.39 is 5.97 Å². The number of rotatable bonds is 7. The lowest BCUT2D eigenvalue weighted by molar-refractivity contribution is -0.137. The van der Waals surface area contributed by atoms with Crippen molar-refractivity contribution in [3.05, 3.63) is 0 Å². The van der Waals surface area contributed by atoms with E-state index in [0.29, 0.717) is 13.1 Å². The molecule has 5 nitrogen and oxygen atoms in total. The predicted molar refractivity (Wildman–Crippen MR) is 82.2 cm³/mol. The monoisotopic (exact) mass is 302 g/mol. The van der Waals surface area contributed by atoms with Gasteiger partial charge in [-0.15, -0.1) is 0 Å². The maximum Gasteiger partial charge on any atom is 0.323 e. The zero-order valence-electron chi connectivity index (χ0n) is 12.5. The minimum atomic E-state index is -0.967. The summed E-state index contributed by atoms with van der Waals surface area (Å²) in [5, 5.41) is 11.8. The summed E-state index contributed by atoms with van der Waals surface area (Å²) in [7, 11) is 0. The van der Waals surface area contributed by atoms with Crippen molar-refractivity contribution in [2.45, 2.75) is 50.2 Å². The second-order valence-corrected chi connectivity index (χ2v) is 6.70. The van der Waals surface area contributed by atoms with E-state index in [4.69, 9.17) is 5.11 Å². The smallest absolute Gasteiger partial charge is 0.323 e. The van der Waals surface area contributed by atoms with Crippen molar-refractivity contribution in [1.82, 2.24) is 10.2 Å².